The van der Waals surface area contributed by atoms with Gasteiger partial charge in [-0.3, -0.25) is 9.58 Å². The Kier molecular flexibility index (Phi) is 7.66. The molecule has 1 aliphatic heterocycles. The Morgan fingerprint density at radius 3 is 2.38 bits per heavy atom. The van der Waals surface area contributed by atoms with Crippen LogP contribution in [0.25, 0.3) is 4.85 Å². The van der Waals surface area contributed by atoms with Crippen LogP contribution in [-0.4, -0.2) is 43.2 Å². The fraction of sp³-hybridized carbons (Fsp3) is 0.231. The summed E-state index contributed by atoms with van der Waals surface area (Å²) in [6.45, 7) is 11.1. The molecule has 2 amide bonds. The number of sulfone groups is 1. The number of nitriles is 1. The van der Waals surface area contributed by atoms with Crippen molar-refractivity contribution >= 4 is 31.6 Å². The minimum Gasteiger partial charge on any atom is -0.277 e. The topological polar surface area (TPSA) is 138 Å². The first-order chi connectivity index (χ1) is 19.6. The summed E-state index contributed by atoms with van der Waals surface area (Å²) in [7, 11) is -9.09. The molecular weight excluding hydrogens is 597 g/mol. The van der Waals surface area contributed by atoms with Gasteiger partial charge in [0.05, 0.1) is 34.9 Å². The molecule has 218 valence electrons. The molecule has 2 heterocycles. The van der Waals surface area contributed by atoms with Crippen LogP contribution in [0.4, 0.5) is 23.7 Å². The second-order valence-corrected chi connectivity index (χ2v) is 12.9. The van der Waals surface area contributed by atoms with Crippen molar-refractivity contribution in [2.45, 2.75) is 42.4 Å². The summed E-state index contributed by atoms with van der Waals surface area (Å²) in [5.41, 5.74) is -2.57. The summed E-state index contributed by atoms with van der Waals surface area (Å²) in [5, 5.41) is 13.3. The minimum absolute atomic E-state index is 0.0874. The summed E-state index contributed by atoms with van der Waals surface area (Å²) in [6.07, 6.45) is -1.92. The van der Waals surface area contributed by atoms with Crippen LogP contribution < -0.4 is 4.90 Å². The standard InChI is InChI=1S/C26H21F3N6O5S2/c1-5-33-15-20(14-32-33)42(39,40)35-24(21-10-9-17(13-30)11-22(21)41(4,37)38)23(31-3)16(2)34(25(35)36)19-8-6-7-18(12-19)26(27,28)29/h6-12,14-15,24H,5H2,1-2,4H3/t24-/m1/s1. The highest BCUT2D eigenvalue weighted by Crippen LogP contribution is 2.45. The molecule has 0 radical (unpaired) electrons. The highest BCUT2D eigenvalue weighted by Gasteiger charge is 2.49. The number of allylic oxidation sites excluding steroid dienone is 1. The number of carbonyl (C=O) groups is 1. The fourth-order valence-electron chi connectivity index (χ4n) is 4.47. The zero-order valence-electron chi connectivity index (χ0n) is 22.2. The van der Waals surface area contributed by atoms with Gasteiger partial charge >= 0.3 is 12.2 Å². The van der Waals surface area contributed by atoms with Crippen molar-refractivity contribution in [3.8, 4) is 6.07 Å². The van der Waals surface area contributed by atoms with Crippen LogP contribution >= 0.6 is 0 Å². The van der Waals surface area contributed by atoms with E-state index in [2.05, 4.69) is 9.94 Å². The molecule has 1 aliphatic rings. The zero-order valence-corrected chi connectivity index (χ0v) is 23.8. The second kappa shape index (κ2) is 10.6. The number of carbonyl (C=O) groups excluding carboxylic acids is 1. The van der Waals surface area contributed by atoms with E-state index in [-0.39, 0.29) is 33.4 Å². The van der Waals surface area contributed by atoms with Gasteiger partial charge in [-0.25, -0.2) is 30.8 Å². The van der Waals surface area contributed by atoms with E-state index < -0.39 is 59.2 Å². The third-order valence-electron chi connectivity index (χ3n) is 6.46. The maximum atomic E-state index is 14.1. The number of amides is 2. The Morgan fingerprint density at radius 1 is 1.14 bits per heavy atom. The van der Waals surface area contributed by atoms with Gasteiger partial charge in [0.1, 0.15) is 10.9 Å². The first kappa shape index (κ1) is 30.3. The summed E-state index contributed by atoms with van der Waals surface area (Å²) in [6, 6.07) is 5.44. The predicted molar refractivity (Wildman–Crippen MR) is 143 cm³/mol. The van der Waals surface area contributed by atoms with E-state index in [1.54, 1.807) is 13.0 Å². The van der Waals surface area contributed by atoms with E-state index in [0.29, 0.717) is 11.0 Å². The Balaban J connectivity index is 2.10. The number of sulfonamides is 1. The smallest absolute Gasteiger partial charge is 0.277 e. The van der Waals surface area contributed by atoms with E-state index in [1.807, 2.05) is 0 Å². The van der Waals surface area contributed by atoms with E-state index >= 15 is 0 Å². The average Bonchev–Trinajstić information content (AvgIpc) is 3.42. The van der Waals surface area contributed by atoms with Gasteiger partial charge in [0.2, 0.25) is 5.70 Å². The largest absolute Gasteiger partial charge is 0.416 e. The lowest BCUT2D eigenvalue weighted by Gasteiger charge is -2.41. The number of halogens is 3. The number of rotatable bonds is 6. The Bertz CT molecular complexity index is 1940. The van der Waals surface area contributed by atoms with E-state index in [0.717, 1.165) is 49.0 Å². The molecule has 1 atom stereocenters. The molecule has 0 aliphatic carbocycles. The fourth-order valence-corrected chi connectivity index (χ4v) is 6.86. The number of hydrogen-bond acceptors (Lipinski definition) is 7. The van der Waals surface area contributed by atoms with Crippen molar-refractivity contribution in [2.24, 2.45) is 0 Å². The minimum atomic E-state index is -4.92. The lowest BCUT2D eigenvalue weighted by atomic mass is 9.98. The van der Waals surface area contributed by atoms with Gasteiger partial charge in [0.15, 0.2) is 9.84 Å². The van der Waals surface area contributed by atoms with Gasteiger partial charge in [-0.2, -0.15) is 23.5 Å². The number of urea groups is 1. The lowest BCUT2D eigenvalue weighted by molar-refractivity contribution is -0.137. The van der Waals surface area contributed by atoms with Crippen LogP contribution in [0.1, 0.15) is 36.6 Å². The highest BCUT2D eigenvalue weighted by atomic mass is 32.2. The van der Waals surface area contributed by atoms with Crippen LogP contribution in [0.3, 0.4) is 0 Å². The van der Waals surface area contributed by atoms with Gasteiger partial charge < -0.3 is 0 Å². The molecule has 2 aromatic carbocycles. The number of hydrogen-bond donors (Lipinski definition) is 0. The third-order valence-corrected chi connectivity index (χ3v) is 9.30. The molecule has 0 spiro atoms. The maximum absolute atomic E-state index is 14.1. The molecule has 1 aromatic heterocycles. The maximum Gasteiger partial charge on any atom is 0.416 e. The summed E-state index contributed by atoms with van der Waals surface area (Å²) >= 11 is 0. The monoisotopic (exact) mass is 618 g/mol. The molecule has 3 aromatic rings. The molecule has 0 N–H and O–H groups in total. The molecule has 42 heavy (non-hydrogen) atoms. The van der Waals surface area contributed by atoms with Crippen molar-refractivity contribution in [3.05, 3.63) is 94.4 Å². The molecule has 16 heteroatoms. The molecule has 0 saturated carbocycles. The van der Waals surface area contributed by atoms with Gasteiger partial charge in [-0.1, -0.05) is 12.1 Å². The van der Waals surface area contributed by atoms with Crippen LogP contribution in [-0.2, 0) is 32.6 Å². The van der Waals surface area contributed by atoms with Crippen LogP contribution in [0.15, 0.2) is 76.0 Å². The molecule has 0 fully saturated rings. The van der Waals surface area contributed by atoms with Crippen LogP contribution in [0.2, 0.25) is 0 Å². The van der Waals surface area contributed by atoms with Crippen LogP contribution in [0.5, 0.6) is 0 Å². The lowest BCUT2D eigenvalue weighted by Crippen LogP contribution is -2.52. The van der Waals surface area contributed by atoms with E-state index in [9.17, 15) is 40.1 Å². The molecule has 0 unspecified atom stereocenters. The number of anilines is 1. The number of benzene rings is 2. The Morgan fingerprint density at radius 2 is 1.83 bits per heavy atom. The molecule has 11 nitrogen and oxygen atoms in total. The normalized spacial score (nSPS) is 16.4. The van der Waals surface area contributed by atoms with Gasteiger partial charge in [0.25, 0.3) is 10.0 Å². The van der Waals surface area contributed by atoms with E-state index in [1.165, 1.54) is 17.7 Å². The molecule has 0 bridgehead atoms. The van der Waals surface area contributed by atoms with Crippen molar-refractivity contribution in [3.63, 3.8) is 0 Å². The molecule has 4 rings (SSSR count). The zero-order chi connectivity index (χ0) is 31.2. The number of alkyl halides is 3. The first-order valence-corrected chi connectivity index (χ1v) is 15.3. The van der Waals surface area contributed by atoms with Crippen molar-refractivity contribution in [1.82, 2.24) is 14.1 Å². The number of aromatic nitrogens is 2. The highest BCUT2D eigenvalue weighted by molar-refractivity contribution is 7.91. The number of aryl methyl sites for hydroxylation is 1. The summed E-state index contributed by atoms with van der Waals surface area (Å²) in [4.78, 5) is 17.3. The predicted octanol–water partition coefficient (Wildman–Crippen LogP) is 4.72. The van der Waals surface area contributed by atoms with Crippen molar-refractivity contribution in [1.29, 1.82) is 5.26 Å². The number of nitrogens with zero attached hydrogens (tertiary/aromatic N) is 6. The molecule has 0 saturated heterocycles. The summed E-state index contributed by atoms with van der Waals surface area (Å²) < 4.78 is 95.9. The second-order valence-electron chi connectivity index (χ2n) is 9.12. The van der Waals surface area contributed by atoms with Gasteiger partial charge in [-0.05, 0) is 49.7 Å². The van der Waals surface area contributed by atoms with Gasteiger partial charge in [0, 0.05) is 30.4 Å². The first-order valence-electron chi connectivity index (χ1n) is 12.0. The third kappa shape index (κ3) is 5.22. The Labute approximate surface area is 239 Å². The average molecular weight is 619 g/mol. The summed E-state index contributed by atoms with van der Waals surface area (Å²) in [5.74, 6) is 0. The SMILES string of the molecule is [C-]#[N+]C1=C(C)N(c2cccc(C(F)(F)F)c2)C(=O)N(S(=O)(=O)c2cnn(CC)c2)[C@@H]1c1ccc(C#N)cc1S(C)(=O)=O. The van der Waals surface area contributed by atoms with Gasteiger partial charge in [-0.15, -0.1) is 0 Å². The van der Waals surface area contributed by atoms with E-state index in [4.69, 9.17) is 6.57 Å². The van der Waals surface area contributed by atoms with Crippen LogP contribution in [0, 0.1) is 17.9 Å². The van der Waals surface area contributed by atoms with Crippen molar-refractivity contribution < 1.29 is 34.8 Å². The van der Waals surface area contributed by atoms with Crippen molar-refractivity contribution in [2.75, 3.05) is 11.2 Å². The Hall–Kier alpha value is -4.67. The quantitative estimate of drug-likeness (QED) is 0.365. The molecular formula is C26H21F3N6O5S2.